The minimum absolute atomic E-state index is 0.131. The second-order valence-electron chi connectivity index (χ2n) is 2.06. The molecular weight excluding hydrogens is 134 g/mol. The molecule has 0 aliphatic carbocycles. The topological polar surface area (TPSA) is 81.3 Å². The molecule has 2 N–H and O–H groups in total. The molecule has 0 saturated heterocycles. The molecule has 0 heterocycles. The lowest BCUT2D eigenvalue weighted by Gasteiger charge is -2.09. The Balaban J connectivity index is 3.84. The molecule has 0 bridgehead atoms. The van der Waals surface area contributed by atoms with Gasteiger partial charge in [0.1, 0.15) is 0 Å². The molecule has 1 unspecified atom stereocenters. The Kier molecular flexibility index (Phi) is 3.44. The molecule has 0 aliphatic rings. The highest BCUT2D eigenvalue weighted by Crippen LogP contribution is 2.05. The molecule has 0 aromatic carbocycles. The number of carbonyl (C=O) groups is 1. The number of nitriles is 1. The minimum atomic E-state index is -1.08. The lowest BCUT2D eigenvalue weighted by atomic mass is 10.0. The van der Waals surface area contributed by atoms with Gasteiger partial charge >= 0.3 is 5.97 Å². The molecule has 10 heavy (non-hydrogen) atoms. The third-order valence-corrected chi connectivity index (χ3v) is 1.27. The predicted octanol–water partition coefficient (Wildman–Crippen LogP) is -0.0183. The number of carboxylic acid groups (broad SMARTS) is 1. The van der Waals surface area contributed by atoms with Crippen LogP contribution >= 0.6 is 0 Å². The summed E-state index contributed by atoms with van der Waals surface area (Å²) in [5.74, 6) is -1.94. The van der Waals surface area contributed by atoms with Gasteiger partial charge in [-0.05, 0) is 6.92 Å². The Labute approximate surface area is 58.7 Å². The number of aliphatic hydroxyl groups excluding tert-OH is 1. The first-order valence-corrected chi connectivity index (χ1v) is 2.87. The van der Waals surface area contributed by atoms with Crippen molar-refractivity contribution in [2.24, 2.45) is 5.92 Å². The molecular formula is C6H9NO3. The normalized spacial score (nSPS) is 15.3. The third-order valence-electron chi connectivity index (χ3n) is 1.27. The van der Waals surface area contributed by atoms with Crippen LogP contribution in [0, 0.1) is 17.2 Å². The quantitative estimate of drug-likeness (QED) is 0.581. The second kappa shape index (κ2) is 3.85. The van der Waals surface area contributed by atoms with Crippen LogP contribution in [0.4, 0.5) is 0 Å². The molecule has 0 aromatic heterocycles. The first-order valence-electron chi connectivity index (χ1n) is 2.87. The molecule has 0 rings (SSSR count). The zero-order chi connectivity index (χ0) is 8.15. The van der Waals surface area contributed by atoms with Crippen molar-refractivity contribution < 1.29 is 15.0 Å². The second-order valence-corrected chi connectivity index (χ2v) is 2.06. The summed E-state index contributed by atoms with van der Waals surface area (Å²) in [7, 11) is 0. The lowest BCUT2D eigenvalue weighted by molar-refractivity contribution is -0.144. The molecule has 0 aromatic rings. The smallest absolute Gasteiger partial charge is 0.308 e. The number of hydrogen-bond donors (Lipinski definition) is 2. The monoisotopic (exact) mass is 143 g/mol. The van der Waals surface area contributed by atoms with E-state index in [1.54, 1.807) is 6.07 Å². The summed E-state index contributed by atoms with van der Waals surface area (Å²) in [5, 5.41) is 25.3. The van der Waals surface area contributed by atoms with Crippen LogP contribution < -0.4 is 0 Å². The van der Waals surface area contributed by atoms with Gasteiger partial charge in [-0.2, -0.15) is 5.26 Å². The molecule has 0 saturated carbocycles. The summed E-state index contributed by atoms with van der Waals surface area (Å²) in [6.45, 7) is 1.37. The van der Waals surface area contributed by atoms with Crippen LogP contribution in [-0.2, 0) is 4.79 Å². The van der Waals surface area contributed by atoms with Crippen molar-refractivity contribution in [1.29, 1.82) is 5.26 Å². The maximum Gasteiger partial charge on any atom is 0.308 e. The van der Waals surface area contributed by atoms with Crippen LogP contribution in [-0.4, -0.2) is 22.3 Å². The van der Waals surface area contributed by atoms with Gasteiger partial charge in [0.15, 0.2) is 0 Å². The molecule has 0 amide bonds. The summed E-state index contributed by atoms with van der Waals surface area (Å²) in [4.78, 5) is 10.1. The van der Waals surface area contributed by atoms with Crippen LogP contribution in [0.1, 0.15) is 13.3 Å². The van der Waals surface area contributed by atoms with Gasteiger partial charge < -0.3 is 10.2 Å². The summed E-state index contributed by atoms with van der Waals surface area (Å²) >= 11 is 0. The van der Waals surface area contributed by atoms with Crippen molar-refractivity contribution in [2.45, 2.75) is 19.4 Å². The fourth-order valence-electron chi connectivity index (χ4n) is 0.435. The van der Waals surface area contributed by atoms with Gasteiger partial charge in [0.2, 0.25) is 0 Å². The van der Waals surface area contributed by atoms with E-state index in [0.29, 0.717) is 0 Å². The molecule has 0 fully saturated rings. The van der Waals surface area contributed by atoms with E-state index in [9.17, 15) is 4.79 Å². The maximum absolute atomic E-state index is 10.1. The summed E-state index contributed by atoms with van der Waals surface area (Å²) in [5.41, 5.74) is 0. The summed E-state index contributed by atoms with van der Waals surface area (Å²) in [6, 6.07) is 1.69. The number of carboxylic acids is 1. The van der Waals surface area contributed by atoms with Gasteiger partial charge in [-0.15, -0.1) is 0 Å². The lowest BCUT2D eigenvalue weighted by Crippen LogP contribution is -2.24. The van der Waals surface area contributed by atoms with Crippen molar-refractivity contribution in [3.8, 4) is 6.07 Å². The van der Waals surface area contributed by atoms with Gasteiger partial charge in [-0.25, -0.2) is 0 Å². The SMILES string of the molecule is CC(C(=O)O)[C@H](O)CC#N. The zero-order valence-electron chi connectivity index (χ0n) is 5.61. The Morgan fingerprint density at radius 2 is 2.30 bits per heavy atom. The minimum Gasteiger partial charge on any atom is -0.481 e. The van der Waals surface area contributed by atoms with E-state index in [-0.39, 0.29) is 6.42 Å². The molecule has 0 aliphatic heterocycles. The molecule has 4 nitrogen and oxygen atoms in total. The van der Waals surface area contributed by atoms with Crippen molar-refractivity contribution in [1.82, 2.24) is 0 Å². The van der Waals surface area contributed by atoms with Gasteiger partial charge in [0.25, 0.3) is 0 Å². The van der Waals surface area contributed by atoms with Crippen LogP contribution in [0.3, 0.4) is 0 Å². The molecule has 0 radical (unpaired) electrons. The molecule has 56 valence electrons. The summed E-state index contributed by atoms with van der Waals surface area (Å²) < 4.78 is 0. The average Bonchev–Trinajstić information content (AvgIpc) is 1.87. The average molecular weight is 143 g/mol. The first kappa shape index (κ1) is 8.92. The van der Waals surface area contributed by atoms with Crippen molar-refractivity contribution in [3.63, 3.8) is 0 Å². The van der Waals surface area contributed by atoms with Crippen LogP contribution in [0.15, 0.2) is 0 Å². The van der Waals surface area contributed by atoms with E-state index in [2.05, 4.69) is 0 Å². The molecule has 0 spiro atoms. The Hall–Kier alpha value is -1.08. The van der Waals surface area contributed by atoms with Crippen molar-refractivity contribution >= 4 is 5.97 Å². The largest absolute Gasteiger partial charge is 0.481 e. The van der Waals surface area contributed by atoms with Crippen LogP contribution in [0.5, 0.6) is 0 Å². The number of hydrogen-bond acceptors (Lipinski definition) is 3. The third kappa shape index (κ3) is 2.46. The number of aliphatic hydroxyl groups is 1. The van der Waals surface area contributed by atoms with E-state index in [1.807, 2.05) is 0 Å². The van der Waals surface area contributed by atoms with E-state index < -0.39 is 18.0 Å². The van der Waals surface area contributed by atoms with E-state index in [1.165, 1.54) is 6.92 Å². The van der Waals surface area contributed by atoms with E-state index >= 15 is 0 Å². The number of nitrogens with zero attached hydrogens (tertiary/aromatic N) is 1. The molecule has 2 atom stereocenters. The predicted molar refractivity (Wildman–Crippen MR) is 33.0 cm³/mol. The van der Waals surface area contributed by atoms with Gasteiger partial charge in [0, 0.05) is 0 Å². The van der Waals surface area contributed by atoms with E-state index in [4.69, 9.17) is 15.5 Å². The van der Waals surface area contributed by atoms with E-state index in [0.717, 1.165) is 0 Å². The standard InChI is InChI=1S/C6H9NO3/c1-4(6(9)10)5(8)2-3-7/h4-5,8H,2H2,1H3,(H,9,10)/t4?,5-/m1/s1. The van der Waals surface area contributed by atoms with Gasteiger partial charge in [-0.3, -0.25) is 4.79 Å². The number of aliphatic carboxylic acids is 1. The first-order chi connectivity index (χ1) is 4.59. The Bertz CT molecular complexity index is 161. The zero-order valence-corrected chi connectivity index (χ0v) is 5.61. The number of rotatable bonds is 3. The fraction of sp³-hybridized carbons (Fsp3) is 0.667. The van der Waals surface area contributed by atoms with Crippen LogP contribution in [0.25, 0.3) is 0 Å². The highest BCUT2D eigenvalue weighted by atomic mass is 16.4. The molecule has 4 heteroatoms. The van der Waals surface area contributed by atoms with Crippen LogP contribution in [0.2, 0.25) is 0 Å². The highest BCUT2D eigenvalue weighted by Gasteiger charge is 2.20. The van der Waals surface area contributed by atoms with Crippen molar-refractivity contribution in [2.75, 3.05) is 0 Å². The van der Waals surface area contributed by atoms with Crippen molar-refractivity contribution in [3.05, 3.63) is 0 Å². The Morgan fingerprint density at radius 3 is 2.60 bits per heavy atom. The summed E-state index contributed by atoms with van der Waals surface area (Å²) in [6.07, 6.45) is -1.18. The highest BCUT2D eigenvalue weighted by molar-refractivity contribution is 5.70. The maximum atomic E-state index is 10.1. The fourth-order valence-corrected chi connectivity index (χ4v) is 0.435. The van der Waals surface area contributed by atoms with Gasteiger partial charge in [0.05, 0.1) is 24.5 Å². The van der Waals surface area contributed by atoms with Gasteiger partial charge in [-0.1, -0.05) is 0 Å². The Morgan fingerprint density at radius 1 is 1.80 bits per heavy atom.